The van der Waals surface area contributed by atoms with Crippen molar-refractivity contribution in [1.82, 2.24) is 19.6 Å². The number of hydrogen-bond donors (Lipinski definition) is 1. The Kier molecular flexibility index (Phi) is 9.01. The molecule has 1 aromatic heterocycles. The molecule has 2 aromatic carbocycles. The summed E-state index contributed by atoms with van der Waals surface area (Å²) < 4.78 is 16.4. The van der Waals surface area contributed by atoms with Crippen molar-refractivity contribution >= 4 is 5.97 Å². The van der Waals surface area contributed by atoms with Gasteiger partial charge in [0.2, 0.25) is 0 Å². The van der Waals surface area contributed by atoms with E-state index >= 15 is 0 Å². The van der Waals surface area contributed by atoms with Gasteiger partial charge in [0.15, 0.2) is 0 Å². The molecular weight excluding hydrogens is 503 g/mol. The summed E-state index contributed by atoms with van der Waals surface area (Å²) in [4.78, 5) is 16.8. The van der Waals surface area contributed by atoms with Gasteiger partial charge in [0, 0.05) is 50.1 Å². The Labute approximate surface area is 237 Å². The molecule has 3 atom stereocenters. The molecule has 214 valence electrons. The normalized spacial score (nSPS) is 21.7. The van der Waals surface area contributed by atoms with Crippen molar-refractivity contribution in [3.05, 3.63) is 89.0 Å². The lowest BCUT2D eigenvalue weighted by molar-refractivity contribution is -0.144. The fourth-order valence-electron chi connectivity index (χ4n) is 7.00. The Balaban J connectivity index is 1.26. The first-order valence-corrected chi connectivity index (χ1v) is 14.9. The van der Waals surface area contributed by atoms with E-state index in [0.29, 0.717) is 12.5 Å². The van der Waals surface area contributed by atoms with Crippen LogP contribution in [0.15, 0.2) is 60.7 Å². The molecule has 7 heteroatoms. The summed E-state index contributed by atoms with van der Waals surface area (Å²) >= 11 is 0. The number of rotatable bonds is 10. The first-order chi connectivity index (χ1) is 19.3. The van der Waals surface area contributed by atoms with Crippen LogP contribution in [-0.4, -0.2) is 69.4 Å². The Hall–Kier alpha value is -3.03. The number of nitrogens with zero attached hydrogens (tertiary/aromatic N) is 4. The average Bonchev–Trinajstić information content (AvgIpc) is 3.53. The molecule has 6 nitrogen and oxygen atoms in total. The van der Waals surface area contributed by atoms with Crippen molar-refractivity contribution in [2.24, 2.45) is 11.8 Å². The highest BCUT2D eigenvalue weighted by Gasteiger charge is 2.41. The molecular formula is C33H43FN4O2. The van der Waals surface area contributed by atoms with E-state index in [-0.39, 0.29) is 23.6 Å². The molecule has 40 heavy (non-hydrogen) atoms. The van der Waals surface area contributed by atoms with Crippen LogP contribution >= 0.6 is 0 Å². The molecule has 2 saturated heterocycles. The maximum Gasteiger partial charge on any atom is 0.321 e. The fraction of sp³-hybridized carbons (Fsp3) is 0.515. The molecule has 3 aromatic rings. The molecule has 0 bridgehead atoms. The van der Waals surface area contributed by atoms with Gasteiger partial charge in [0.25, 0.3) is 0 Å². The summed E-state index contributed by atoms with van der Waals surface area (Å²) in [6.45, 7) is 11.3. The number of hydrogen-bond acceptors (Lipinski definition) is 4. The number of benzene rings is 2. The molecule has 0 aliphatic carbocycles. The Morgan fingerprint density at radius 2 is 1.80 bits per heavy atom. The van der Waals surface area contributed by atoms with Gasteiger partial charge in [0.1, 0.15) is 11.9 Å². The zero-order valence-electron chi connectivity index (χ0n) is 24.0. The van der Waals surface area contributed by atoms with E-state index in [4.69, 9.17) is 5.10 Å². The number of aryl methyl sites for hydroxylation is 1. The van der Waals surface area contributed by atoms with E-state index in [1.165, 1.54) is 17.3 Å². The van der Waals surface area contributed by atoms with Crippen LogP contribution in [0.1, 0.15) is 68.0 Å². The second kappa shape index (κ2) is 12.6. The van der Waals surface area contributed by atoms with Crippen LogP contribution in [0.4, 0.5) is 4.39 Å². The molecule has 0 saturated carbocycles. The molecule has 2 fully saturated rings. The minimum Gasteiger partial charge on any atom is -0.480 e. The smallest absolute Gasteiger partial charge is 0.321 e. The summed E-state index contributed by atoms with van der Waals surface area (Å²) in [6.07, 6.45) is 3.02. The highest BCUT2D eigenvalue weighted by molar-refractivity contribution is 5.73. The van der Waals surface area contributed by atoms with Gasteiger partial charge in [-0.3, -0.25) is 14.4 Å². The van der Waals surface area contributed by atoms with Crippen molar-refractivity contribution in [1.29, 1.82) is 0 Å². The molecule has 2 aliphatic heterocycles. The number of piperidine rings is 1. The third-order valence-electron chi connectivity index (χ3n) is 8.91. The van der Waals surface area contributed by atoms with Crippen LogP contribution in [0.2, 0.25) is 0 Å². The largest absolute Gasteiger partial charge is 0.480 e. The van der Waals surface area contributed by atoms with E-state index < -0.39 is 12.0 Å². The van der Waals surface area contributed by atoms with E-state index in [0.717, 1.165) is 63.2 Å². The lowest BCUT2D eigenvalue weighted by Crippen LogP contribution is -2.44. The predicted molar refractivity (Wildman–Crippen MR) is 156 cm³/mol. The first-order valence-electron chi connectivity index (χ1n) is 14.9. The first kappa shape index (κ1) is 28.5. The van der Waals surface area contributed by atoms with E-state index in [1.54, 1.807) is 12.1 Å². The number of halogens is 1. The third kappa shape index (κ3) is 6.47. The van der Waals surface area contributed by atoms with Crippen molar-refractivity contribution in [2.45, 2.75) is 64.5 Å². The van der Waals surface area contributed by atoms with Crippen LogP contribution in [0.25, 0.3) is 0 Å². The predicted octanol–water partition coefficient (Wildman–Crippen LogP) is 5.64. The zero-order chi connectivity index (χ0) is 28.2. The van der Waals surface area contributed by atoms with Gasteiger partial charge in [-0.05, 0) is 74.0 Å². The van der Waals surface area contributed by atoms with Gasteiger partial charge in [-0.15, -0.1) is 0 Å². The van der Waals surface area contributed by atoms with Crippen LogP contribution < -0.4 is 0 Å². The standard InChI is InChI=1S/C33H43FN4O2/c1-4-38-31(19-29(35-38)17-24-9-6-5-7-10-24)25-13-15-36(16-14-25)20-27-21-37(32(23(2)3)33(39)40)22-30(27)26-11-8-12-28(34)18-26/h5-12,18-19,23,25,27,30,32H,4,13-17,20-22H2,1-3H3,(H,39,40). The Morgan fingerprint density at radius 3 is 2.45 bits per heavy atom. The summed E-state index contributed by atoms with van der Waals surface area (Å²) in [7, 11) is 0. The molecule has 3 unspecified atom stereocenters. The van der Waals surface area contributed by atoms with Gasteiger partial charge >= 0.3 is 5.97 Å². The van der Waals surface area contributed by atoms with Crippen molar-refractivity contribution in [3.8, 4) is 0 Å². The van der Waals surface area contributed by atoms with Gasteiger partial charge in [0.05, 0.1) is 5.69 Å². The van der Waals surface area contributed by atoms with E-state index in [2.05, 4.69) is 51.7 Å². The van der Waals surface area contributed by atoms with Gasteiger partial charge in [-0.1, -0.05) is 56.3 Å². The molecule has 3 heterocycles. The van der Waals surface area contributed by atoms with Gasteiger partial charge < -0.3 is 10.0 Å². The van der Waals surface area contributed by atoms with E-state index in [9.17, 15) is 14.3 Å². The quantitative estimate of drug-likeness (QED) is 0.357. The minimum absolute atomic E-state index is 0.00959. The third-order valence-corrected chi connectivity index (χ3v) is 8.91. The zero-order valence-corrected chi connectivity index (χ0v) is 24.0. The van der Waals surface area contributed by atoms with Crippen LogP contribution in [-0.2, 0) is 17.8 Å². The topological polar surface area (TPSA) is 61.6 Å². The van der Waals surface area contributed by atoms with Crippen LogP contribution in [0.5, 0.6) is 0 Å². The van der Waals surface area contributed by atoms with Crippen LogP contribution in [0, 0.1) is 17.7 Å². The minimum atomic E-state index is -0.770. The fourth-order valence-corrected chi connectivity index (χ4v) is 7.00. The second-order valence-corrected chi connectivity index (χ2v) is 12.0. The van der Waals surface area contributed by atoms with Gasteiger partial charge in [-0.25, -0.2) is 4.39 Å². The number of aromatic nitrogens is 2. The van der Waals surface area contributed by atoms with Crippen LogP contribution in [0.3, 0.4) is 0 Å². The molecule has 1 N–H and O–H groups in total. The summed E-state index contributed by atoms with van der Waals surface area (Å²) in [5.41, 5.74) is 4.74. The SMILES string of the molecule is CCn1nc(Cc2ccccc2)cc1C1CCN(CC2CN(C(C(=O)O)C(C)C)CC2c2cccc(F)c2)CC1. The van der Waals surface area contributed by atoms with Crippen molar-refractivity contribution in [2.75, 3.05) is 32.7 Å². The summed E-state index contributed by atoms with van der Waals surface area (Å²) in [5, 5.41) is 14.9. The number of carboxylic acid groups (broad SMARTS) is 1. The van der Waals surface area contributed by atoms with Crippen molar-refractivity contribution < 1.29 is 14.3 Å². The maximum absolute atomic E-state index is 14.2. The van der Waals surface area contributed by atoms with E-state index in [1.807, 2.05) is 26.0 Å². The maximum atomic E-state index is 14.2. The molecule has 0 spiro atoms. The molecule has 0 radical (unpaired) electrons. The molecule has 0 amide bonds. The van der Waals surface area contributed by atoms with Gasteiger partial charge in [-0.2, -0.15) is 5.10 Å². The number of aliphatic carboxylic acids is 1. The Bertz CT molecular complexity index is 1270. The number of carboxylic acids is 1. The molecule has 2 aliphatic rings. The monoisotopic (exact) mass is 546 g/mol. The number of likely N-dealkylation sites (tertiary alicyclic amines) is 2. The average molecular weight is 547 g/mol. The highest BCUT2D eigenvalue weighted by atomic mass is 19.1. The lowest BCUT2D eigenvalue weighted by atomic mass is 9.87. The molecule has 5 rings (SSSR count). The lowest BCUT2D eigenvalue weighted by Gasteiger charge is -2.35. The summed E-state index contributed by atoms with van der Waals surface area (Å²) in [6, 6.07) is 19.2. The second-order valence-electron chi connectivity index (χ2n) is 12.0. The number of carbonyl (C=O) groups is 1. The highest BCUT2D eigenvalue weighted by Crippen LogP contribution is 2.37. The van der Waals surface area contributed by atoms with Crippen molar-refractivity contribution in [3.63, 3.8) is 0 Å². The summed E-state index contributed by atoms with van der Waals surface area (Å²) in [5.74, 6) is -0.115. The Morgan fingerprint density at radius 1 is 1.05 bits per heavy atom.